The van der Waals surface area contributed by atoms with E-state index in [1.165, 1.54) is 57.8 Å². The van der Waals surface area contributed by atoms with Crippen molar-refractivity contribution in [2.24, 2.45) is 0 Å². The smallest absolute Gasteiger partial charge is 0.220 e. The molecule has 0 radical (unpaired) electrons. The third-order valence-corrected chi connectivity index (χ3v) is 11.8. The van der Waals surface area contributed by atoms with Gasteiger partial charge < -0.3 is 65.1 Å². The van der Waals surface area contributed by atoms with Gasteiger partial charge in [-0.15, -0.1) is 0 Å². The minimum atomic E-state index is -1.82. The van der Waals surface area contributed by atoms with Crippen LogP contribution in [0.1, 0.15) is 185 Å². The first-order valence-electron chi connectivity index (χ1n) is 25.1. The molecule has 12 atom stereocenters. The number of nitrogens with one attached hydrogen (secondary N) is 1. The van der Waals surface area contributed by atoms with Crippen molar-refractivity contribution in [3.05, 3.63) is 12.2 Å². The van der Waals surface area contributed by atoms with E-state index < -0.39 is 93.6 Å². The highest BCUT2D eigenvalue weighted by atomic mass is 16.7. The normalized spacial score (nSPS) is 29.2. The molecule has 1 amide bonds. The molecule has 0 aliphatic carbocycles. The molecular formula is C46H87NO13. The number of hydrogen-bond acceptors (Lipinski definition) is 13. The van der Waals surface area contributed by atoms with Crippen LogP contribution in [0, 0.1) is 0 Å². The maximum Gasteiger partial charge on any atom is 0.220 e. The van der Waals surface area contributed by atoms with Crippen molar-refractivity contribution in [2.45, 2.75) is 254 Å². The van der Waals surface area contributed by atoms with Crippen molar-refractivity contribution in [1.82, 2.24) is 5.32 Å². The molecule has 2 fully saturated rings. The molecule has 0 aromatic rings. The Morgan fingerprint density at radius 2 is 1.12 bits per heavy atom. The summed E-state index contributed by atoms with van der Waals surface area (Å²) in [6, 6.07) is -0.934. The zero-order valence-electron chi connectivity index (χ0n) is 39.7. The Morgan fingerprint density at radius 1 is 0.633 bits per heavy atom. The molecule has 2 rings (SSSR count). The number of amides is 1. The molecule has 0 aromatic heterocycles. The lowest BCUT2D eigenvalue weighted by Crippen LogP contribution is -2.65. The van der Waals surface area contributed by atoms with E-state index in [9.17, 15) is 45.6 Å². The summed E-state index contributed by atoms with van der Waals surface area (Å²) in [6.45, 7) is -1.35. The molecule has 2 heterocycles. The van der Waals surface area contributed by atoms with Crippen molar-refractivity contribution >= 4 is 5.91 Å². The number of ether oxygens (including phenoxy) is 4. The number of carbonyl (C=O) groups excluding carboxylic acids is 1. The Labute approximate surface area is 365 Å². The first kappa shape index (κ1) is 49.7. The SMILES string of the molecule is [2H]C([2H])([2H])CCCCCCCCCCCCCCC(=O)N[C@@H](CO[C@@H]1O[C@H](CO)[C@@H](O[C@@H]2O[C@H](CO)[C@H](O)[C@H](O)[C@H]2O)[C@H](O)[C@H]1O)[C@H](O)/C=C/CCCCCCCCCCCCC. The number of allylic oxidation sites excluding steroid dienone is 1. The van der Waals surface area contributed by atoms with Crippen LogP contribution in [0.15, 0.2) is 12.2 Å². The minimum Gasteiger partial charge on any atom is -0.394 e. The molecule has 60 heavy (non-hydrogen) atoms. The summed E-state index contributed by atoms with van der Waals surface area (Å²) in [7, 11) is 0. The van der Waals surface area contributed by atoms with Crippen LogP contribution in [-0.2, 0) is 23.7 Å². The van der Waals surface area contributed by atoms with Gasteiger partial charge in [0.05, 0.1) is 32.0 Å². The highest BCUT2D eigenvalue weighted by Crippen LogP contribution is 2.30. The van der Waals surface area contributed by atoms with Gasteiger partial charge in [0.15, 0.2) is 12.6 Å². The summed E-state index contributed by atoms with van der Waals surface area (Å²) < 4.78 is 44.5. The van der Waals surface area contributed by atoms with Crippen molar-refractivity contribution in [2.75, 3.05) is 19.8 Å². The lowest BCUT2D eigenvalue weighted by atomic mass is 9.97. The van der Waals surface area contributed by atoms with E-state index in [1.54, 1.807) is 6.08 Å². The standard InChI is InChI=1S/C46H87NO13/c1-3-5-7-9-11-13-15-17-19-21-23-25-27-29-35(50)34(47-38(51)30-28-26-24-22-20-18-16-14-12-10-8-6-4-2)33-57-45-43(56)41(54)44(37(32-49)59-45)60-46-42(55)40(53)39(52)36(31-48)58-46/h27,29,34-37,39-46,48-50,52-56H,3-26,28,30-33H2,1-2H3,(H,47,51)/b29-27+/t34-,35+,36+,37+,39-,40-,41+,42+,43+,44+,45+,46-/m0/s1/i2D3. The fourth-order valence-electron chi connectivity index (χ4n) is 7.87. The van der Waals surface area contributed by atoms with E-state index in [4.69, 9.17) is 23.1 Å². The van der Waals surface area contributed by atoms with Gasteiger partial charge in [-0.1, -0.05) is 167 Å². The van der Waals surface area contributed by atoms with Crippen LogP contribution in [0.25, 0.3) is 0 Å². The van der Waals surface area contributed by atoms with E-state index in [1.807, 2.05) is 6.08 Å². The van der Waals surface area contributed by atoms with E-state index in [0.717, 1.165) is 89.9 Å². The first-order chi connectivity index (χ1) is 30.2. The molecular weight excluding hydrogens is 774 g/mol. The average Bonchev–Trinajstić information content (AvgIpc) is 3.25. The fourth-order valence-corrected chi connectivity index (χ4v) is 7.87. The molecule has 9 N–H and O–H groups in total. The average molecular weight is 865 g/mol. The van der Waals surface area contributed by atoms with E-state index in [2.05, 4.69) is 12.2 Å². The highest BCUT2D eigenvalue weighted by molar-refractivity contribution is 5.76. The van der Waals surface area contributed by atoms with Gasteiger partial charge in [0.1, 0.15) is 48.8 Å². The summed E-state index contributed by atoms with van der Waals surface area (Å²) in [5, 5.41) is 86.5. The summed E-state index contributed by atoms with van der Waals surface area (Å²) in [6.07, 6.45) is 13.4. The number of aliphatic hydroxyl groups is 8. The quantitative estimate of drug-likeness (QED) is 0.0292. The van der Waals surface area contributed by atoms with Crippen LogP contribution in [0.2, 0.25) is 0 Å². The third kappa shape index (κ3) is 21.9. The zero-order chi connectivity index (χ0) is 46.5. The Balaban J connectivity index is 1.86. The Hall–Kier alpha value is -1.27. The molecule has 354 valence electrons. The van der Waals surface area contributed by atoms with Crippen molar-refractivity contribution < 1.29 is 68.7 Å². The largest absolute Gasteiger partial charge is 0.394 e. The summed E-state index contributed by atoms with van der Waals surface area (Å²) in [4.78, 5) is 13.1. The van der Waals surface area contributed by atoms with Crippen LogP contribution in [0.3, 0.4) is 0 Å². The number of unbranched alkanes of at least 4 members (excludes halogenated alkanes) is 22. The van der Waals surface area contributed by atoms with Gasteiger partial charge in [0.2, 0.25) is 5.91 Å². The van der Waals surface area contributed by atoms with Gasteiger partial charge in [0, 0.05) is 10.5 Å². The Morgan fingerprint density at radius 3 is 1.65 bits per heavy atom. The number of rotatable bonds is 36. The van der Waals surface area contributed by atoms with Gasteiger partial charge in [-0.25, -0.2) is 0 Å². The molecule has 2 aliphatic rings. The van der Waals surface area contributed by atoms with Crippen LogP contribution in [0.4, 0.5) is 0 Å². The molecule has 0 saturated carbocycles. The molecule has 14 heteroatoms. The predicted molar refractivity (Wildman–Crippen MR) is 231 cm³/mol. The van der Waals surface area contributed by atoms with E-state index >= 15 is 0 Å². The first-order valence-corrected chi connectivity index (χ1v) is 23.6. The molecule has 0 spiro atoms. The number of carbonyl (C=O) groups is 1. The molecule has 0 unspecified atom stereocenters. The monoisotopic (exact) mass is 865 g/mol. The predicted octanol–water partition coefficient (Wildman–Crippen LogP) is 5.21. The number of aliphatic hydroxyl groups excluding tert-OH is 8. The lowest BCUT2D eigenvalue weighted by Gasteiger charge is -2.46. The topological polar surface area (TPSA) is 228 Å². The van der Waals surface area contributed by atoms with Gasteiger partial charge in [-0.2, -0.15) is 0 Å². The Kier molecular flexibility index (Phi) is 28.3. The van der Waals surface area contributed by atoms with E-state index in [0.29, 0.717) is 12.8 Å². The van der Waals surface area contributed by atoms with Gasteiger partial charge in [-0.3, -0.25) is 4.79 Å². The molecule has 0 bridgehead atoms. The fraction of sp³-hybridized carbons (Fsp3) is 0.935. The van der Waals surface area contributed by atoms with E-state index in [-0.39, 0.29) is 18.9 Å². The maximum absolute atomic E-state index is 13.1. The minimum absolute atomic E-state index is 0.248. The van der Waals surface area contributed by atoms with Crippen LogP contribution in [-0.4, -0.2) is 140 Å². The second-order valence-electron chi connectivity index (χ2n) is 17.0. The van der Waals surface area contributed by atoms with Crippen LogP contribution < -0.4 is 5.32 Å². The maximum atomic E-state index is 13.1. The van der Waals surface area contributed by atoms with Gasteiger partial charge in [0.25, 0.3) is 0 Å². The Bertz CT molecular complexity index is 1170. The molecule has 2 aliphatic heterocycles. The van der Waals surface area contributed by atoms with Gasteiger partial charge in [-0.05, 0) is 19.3 Å². The van der Waals surface area contributed by atoms with Crippen molar-refractivity contribution in [1.29, 1.82) is 0 Å². The summed E-state index contributed by atoms with van der Waals surface area (Å²) in [5.41, 5.74) is 0. The van der Waals surface area contributed by atoms with Crippen LogP contribution >= 0.6 is 0 Å². The second-order valence-corrected chi connectivity index (χ2v) is 17.0. The summed E-state index contributed by atoms with van der Waals surface area (Å²) in [5.74, 6) is -0.272. The molecule has 14 nitrogen and oxygen atoms in total. The van der Waals surface area contributed by atoms with Crippen LogP contribution in [0.5, 0.6) is 0 Å². The highest BCUT2D eigenvalue weighted by Gasteiger charge is 2.51. The second kappa shape index (κ2) is 34.2. The van der Waals surface area contributed by atoms with Crippen molar-refractivity contribution in [3.8, 4) is 0 Å². The van der Waals surface area contributed by atoms with Crippen molar-refractivity contribution in [3.63, 3.8) is 0 Å². The van der Waals surface area contributed by atoms with Gasteiger partial charge >= 0.3 is 0 Å². The number of hydrogen-bond donors (Lipinski definition) is 9. The summed E-state index contributed by atoms with van der Waals surface area (Å²) >= 11 is 0. The zero-order valence-corrected chi connectivity index (χ0v) is 36.7. The third-order valence-electron chi connectivity index (χ3n) is 11.8. The molecule has 2 saturated heterocycles. The lowest BCUT2D eigenvalue weighted by molar-refractivity contribution is -0.359. The molecule has 0 aromatic carbocycles.